The van der Waals surface area contributed by atoms with Gasteiger partial charge in [-0.15, -0.1) is 0 Å². The smallest absolute Gasteiger partial charge is 0.338 e. The molecule has 35 heavy (non-hydrogen) atoms. The Hall–Kier alpha value is -4.17. The van der Waals surface area contributed by atoms with Crippen molar-refractivity contribution in [1.29, 1.82) is 0 Å². The van der Waals surface area contributed by atoms with Crippen molar-refractivity contribution in [2.24, 2.45) is 4.99 Å². The van der Waals surface area contributed by atoms with Gasteiger partial charge < -0.3 is 13.9 Å². The van der Waals surface area contributed by atoms with Crippen LogP contribution in [-0.2, 0) is 9.53 Å². The lowest BCUT2D eigenvalue weighted by molar-refractivity contribution is -0.138. The van der Waals surface area contributed by atoms with Crippen LogP contribution in [0.2, 0.25) is 0 Å². The van der Waals surface area contributed by atoms with E-state index < -0.39 is 12.0 Å². The summed E-state index contributed by atoms with van der Waals surface area (Å²) >= 11 is 1.24. The van der Waals surface area contributed by atoms with E-state index in [1.54, 1.807) is 43.1 Å². The molecule has 1 atom stereocenters. The summed E-state index contributed by atoms with van der Waals surface area (Å²) in [4.78, 5) is 32.4. The van der Waals surface area contributed by atoms with Crippen LogP contribution >= 0.6 is 11.3 Å². The largest absolute Gasteiger partial charge is 0.497 e. The Bertz CT molecular complexity index is 1580. The fourth-order valence-corrected chi connectivity index (χ4v) is 5.05. The standard InChI is InChI=1S/C27H22N2O5S/c1-3-33-26(31)22-23(17-9-5-4-6-10-17)28-27-29(24(22)18-11-7-12-19(15-18)32-2)25(30)21(35-27)16-20-13-8-14-34-20/h4-16,24H,3H2,1-2H3. The van der Waals surface area contributed by atoms with Crippen molar-refractivity contribution in [3.63, 3.8) is 0 Å². The third kappa shape index (κ3) is 4.24. The number of ether oxygens (including phenoxy) is 2. The van der Waals surface area contributed by atoms with Crippen molar-refractivity contribution >= 4 is 29.1 Å². The first kappa shape index (κ1) is 22.6. The van der Waals surface area contributed by atoms with Crippen molar-refractivity contribution in [2.75, 3.05) is 13.7 Å². The minimum Gasteiger partial charge on any atom is -0.497 e. The summed E-state index contributed by atoms with van der Waals surface area (Å²) in [5.74, 6) is 0.644. The molecule has 0 saturated heterocycles. The number of rotatable bonds is 6. The molecule has 0 fully saturated rings. The van der Waals surface area contributed by atoms with Crippen molar-refractivity contribution in [2.45, 2.75) is 13.0 Å². The van der Waals surface area contributed by atoms with E-state index in [1.165, 1.54) is 11.3 Å². The molecular weight excluding hydrogens is 464 g/mol. The zero-order valence-electron chi connectivity index (χ0n) is 19.1. The quantitative estimate of drug-likeness (QED) is 0.390. The van der Waals surface area contributed by atoms with Crippen molar-refractivity contribution in [3.05, 3.63) is 115 Å². The summed E-state index contributed by atoms with van der Waals surface area (Å²) < 4.78 is 18.3. The van der Waals surface area contributed by atoms with Crippen LogP contribution in [0, 0.1) is 0 Å². The first-order valence-electron chi connectivity index (χ1n) is 11.1. The van der Waals surface area contributed by atoms with Crippen molar-refractivity contribution in [1.82, 2.24) is 4.57 Å². The molecule has 0 spiro atoms. The molecule has 1 aliphatic heterocycles. The van der Waals surface area contributed by atoms with E-state index in [2.05, 4.69) is 0 Å². The summed E-state index contributed by atoms with van der Waals surface area (Å²) in [6.07, 6.45) is 3.23. The van der Waals surface area contributed by atoms with Crippen LogP contribution in [-0.4, -0.2) is 24.3 Å². The van der Waals surface area contributed by atoms with Gasteiger partial charge in [0.1, 0.15) is 11.5 Å². The van der Waals surface area contributed by atoms with Crippen LogP contribution in [0.1, 0.15) is 29.9 Å². The zero-order valence-corrected chi connectivity index (χ0v) is 20.0. The van der Waals surface area contributed by atoms with Gasteiger partial charge in [-0.05, 0) is 36.8 Å². The number of aromatic nitrogens is 1. The van der Waals surface area contributed by atoms with Gasteiger partial charge in [0.05, 0.1) is 41.8 Å². The fraction of sp³-hybridized carbons (Fsp3) is 0.148. The summed E-state index contributed by atoms with van der Waals surface area (Å²) in [5.41, 5.74) is 1.96. The average Bonchev–Trinajstić information content (AvgIpc) is 3.51. The SMILES string of the molecule is CCOC(=O)C1=C(c2ccccc2)N=c2sc(=Cc3ccco3)c(=O)n2C1c1cccc(OC)c1. The Morgan fingerprint density at radius 1 is 1.14 bits per heavy atom. The Labute approximate surface area is 204 Å². The molecule has 7 nitrogen and oxygen atoms in total. The normalized spacial score (nSPS) is 15.5. The number of nitrogens with zero attached hydrogens (tertiary/aromatic N) is 2. The highest BCUT2D eigenvalue weighted by Gasteiger charge is 2.35. The number of carbonyl (C=O) groups excluding carboxylic acids is 1. The minimum absolute atomic E-state index is 0.193. The number of hydrogen-bond acceptors (Lipinski definition) is 7. The number of furan rings is 1. The Kier molecular flexibility index (Phi) is 6.20. The topological polar surface area (TPSA) is 83.0 Å². The molecule has 0 radical (unpaired) electrons. The zero-order chi connectivity index (χ0) is 24.4. The molecule has 2 aromatic carbocycles. The Morgan fingerprint density at radius 2 is 1.97 bits per heavy atom. The molecule has 0 N–H and O–H groups in total. The van der Waals surface area contributed by atoms with Gasteiger partial charge in [-0.3, -0.25) is 9.36 Å². The van der Waals surface area contributed by atoms with Gasteiger partial charge in [-0.25, -0.2) is 9.79 Å². The number of hydrogen-bond donors (Lipinski definition) is 0. The molecule has 1 aliphatic rings. The number of benzene rings is 2. The maximum Gasteiger partial charge on any atom is 0.338 e. The van der Waals surface area contributed by atoms with Gasteiger partial charge in [0.25, 0.3) is 5.56 Å². The molecule has 0 aliphatic carbocycles. The second-order valence-corrected chi connectivity index (χ2v) is 8.73. The predicted octanol–water partition coefficient (Wildman–Crippen LogP) is 3.54. The minimum atomic E-state index is -0.755. The van der Waals surface area contributed by atoms with E-state index in [-0.39, 0.29) is 12.2 Å². The maximum atomic E-state index is 13.7. The molecular formula is C27H22N2O5S. The van der Waals surface area contributed by atoms with E-state index in [9.17, 15) is 9.59 Å². The Morgan fingerprint density at radius 3 is 2.69 bits per heavy atom. The van der Waals surface area contributed by atoms with E-state index in [1.807, 2.05) is 54.6 Å². The molecule has 2 aromatic heterocycles. The van der Waals surface area contributed by atoms with Crippen LogP contribution in [0.5, 0.6) is 5.75 Å². The summed E-state index contributed by atoms with van der Waals surface area (Å²) in [6.45, 7) is 1.94. The third-order valence-corrected chi connectivity index (χ3v) is 6.58. The van der Waals surface area contributed by atoms with Gasteiger partial charge >= 0.3 is 5.97 Å². The van der Waals surface area contributed by atoms with Gasteiger partial charge in [-0.1, -0.05) is 53.8 Å². The third-order valence-electron chi connectivity index (χ3n) is 5.60. The van der Waals surface area contributed by atoms with Crippen molar-refractivity contribution < 1.29 is 18.7 Å². The van der Waals surface area contributed by atoms with Crippen LogP contribution < -0.4 is 19.6 Å². The number of carbonyl (C=O) groups is 1. The lowest BCUT2D eigenvalue weighted by Gasteiger charge is -2.26. The van der Waals surface area contributed by atoms with Crippen LogP contribution in [0.3, 0.4) is 0 Å². The predicted molar refractivity (Wildman–Crippen MR) is 133 cm³/mol. The first-order chi connectivity index (χ1) is 17.1. The average molecular weight is 487 g/mol. The summed E-state index contributed by atoms with van der Waals surface area (Å²) in [5, 5.41) is 0. The molecule has 8 heteroatoms. The van der Waals surface area contributed by atoms with Gasteiger partial charge in [-0.2, -0.15) is 0 Å². The van der Waals surface area contributed by atoms with Crippen LogP contribution in [0.25, 0.3) is 11.8 Å². The van der Waals surface area contributed by atoms with Crippen molar-refractivity contribution in [3.8, 4) is 5.75 Å². The fourth-order valence-electron chi connectivity index (χ4n) is 4.07. The monoisotopic (exact) mass is 486 g/mol. The lowest BCUT2D eigenvalue weighted by Crippen LogP contribution is -2.40. The highest BCUT2D eigenvalue weighted by molar-refractivity contribution is 7.07. The van der Waals surface area contributed by atoms with Crippen LogP contribution in [0.4, 0.5) is 0 Å². The summed E-state index contributed by atoms with van der Waals surface area (Å²) in [7, 11) is 1.57. The molecule has 4 aromatic rings. The first-order valence-corrected chi connectivity index (χ1v) is 11.9. The molecule has 0 bridgehead atoms. The highest BCUT2D eigenvalue weighted by atomic mass is 32.1. The second-order valence-electron chi connectivity index (χ2n) is 7.72. The number of thiazole rings is 1. The Balaban J connectivity index is 1.85. The maximum absolute atomic E-state index is 13.7. The number of fused-ring (bicyclic) bond motifs is 1. The van der Waals surface area contributed by atoms with Gasteiger partial charge in [0.2, 0.25) is 0 Å². The van der Waals surface area contributed by atoms with Crippen LogP contribution in [0.15, 0.2) is 92.8 Å². The molecule has 1 unspecified atom stereocenters. The van der Waals surface area contributed by atoms with Gasteiger partial charge in [0, 0.05) is 11.6 Å². The molecule has 0 amide bonds. The van der Waals surface area contributed by atoms with E-state index in [0.29, 0.717) is 37.7 Å². The second kappa shape index (κ2) is 9.60. The van der Waals surface area contributed by atoms with E-state index in [0.717, 1.165) is 5.56 Å². The van der Waals surface area contributed by atoms with Gasteiger partial charge in [0.15, 0.2) is 4.80 Å². The van der Waals surface area contributed by atoms with E-state index >= 15 is 0 Å². The lowest BCUT2D eigenvalue weighted by atomic mass is 9.93. The molecule has 5 rings (SSSR count). The summed E-state index contributed by atoms with van der Waals surface area (Å²) in [6, 6.07) is 19.5. The molecule has 3 heterocycles. The molecule has 0 saturated carbocycles. The number of esters is 1. The molecule has 176 valence electrons. The highest BCUT2D eigenvalue weighted by Crippen LogP contribution is 2.36. The van der Waals surface area contributed by atoms with E-state index in [4.69, 9.17) is 18.9 Å². The number of methoxy groups -OCH3 is 1.